The largest absolute Gasteiger partial charge is 0.481 e. The molecule has 1 aliphatic heterocycles. The fraction of sp³-hybridized carbons (Fsp3) is 0.857. The van der Waals surface area contributed by atoms with Gasteiger partial charge in [0.05, 0.1) is 11.8 Å². The van der Waals surface area contributed by atoms with Gasteiger partial charge in [-0.05, 0) is 39.7 Å². The molecular weight excluding hydrogens is 244 g/mol. The first-order valence-electron chi connectivity index (χ1n) is 7.22. The van der Waals surface area contributed by atoms with Gasteiger partial charge in [0.15, 0.2) is 0 Å². The Morgan fingerprint density at radius 1 is 1.21 bits per heavy atom. The minimum absolute atomic E-state index is 0.0494. The van der Waals surface area contributed by atoms with Gasteiger partial charge in [-0.15, -0.1) is 0 Å². The van der Waals surface area contributed by atoms with Crippen molar-refractivity contribution in [3.63, 3.8) is 0 Å². The maximum absolute atomic E-state index is 12.2. The van der Waals surface area contributed by atoms with Crippen molar-refractivity contribution in [1.82, 2.24) is 10.2 Å². The third-order valence-electron chi connectivity index (χ3n) is 4.72. The molecule has 0 aromatic carbocycles. The highest BCUT2D eigenvalue weighted by molar-refractivity contribution is 5.85. The molecule has 1 aliphatic carbocycles. The molecule has 1 amide bonds. The van der Waals surface area contributed by atoms with E-state index >= 15 is 0 Å². The minimum Gasteiger partial charge on any atom is -0.481 e. The van der Waals surface area contributed by atoms with E-state index in [9.17, 15) is 9.59 Å². The standard InChI is InChI=1S/C14H24N2O3/c1-9-8-10(6-7-16(9)2)15-13(17)11-4-3-5-12(11)14(18)19/h9-12H,3-8H2,1-2H3,(H,15,17)(H,18,19)/t9?,10?,11-,12+/m1/s1. The van der Waals surface area contributed by atoms with Crippen LogP contribution in [0.15, 0.2) is 0 Å². The smallest absolute Gasteiger partial charge is 0.307 e. The normalized spacial score (nSPS) is 36.1. The van der Waals surface area contributed by atoms with Crippen LogP contribution in [0.25, 0.3) is 0 Å². The molecule has 0 aromatic rings. The van der Waals surface area contributed by atoms with Crippen LogP contribution in [0.5, 0.6) is 0 Å². The molecule has 4 atom stereocenters. The Morgan fingerprint density at radius 3 is 2.53 bits per heavy atom. The van der Waals surface area contributed by atoms with Crippen LogP contribution < -0.4 is 5.32 Å². The number of hydrogen-bond acceptors (Lipinski definition) is 3. The molecule has 1 saturated carbocycles. The lowest BCUT2D eigenvalue weighted by molar-refractivity contribution is -0.146. The van der Waals surface area contributed by atoms with Crippen molar-refractivity contribution >= 4 is 11.9 Å². The summed E-state index contributed by atoms with van der Waals surface area (Å²) in [5, 5.41) is 12.2. The van der Waals surface area contributed by atoms with Crippen LogP contribution in [-0.4, -0.2) is 47.6 Å². The van der Waals surface area contributed by atoms with Gasteiger partial charge in [-0.2, -0.15) is 0 Å². The average Bonchev–Trinajstić information content (AvgIpc) is 2.83. The highest BCUT2D eigenvalue weighted by atomic mass is 16.4. The predicted octanol–water partition coefficient (Wildman–Crippen LogP) is 1.09. The van der Waals surface area contributed by atoms with Crippen LogP contribution in [0.3, 0.4) is 0 Å². The Balaban J connectivity index is 1.89. The van der Waals surface area contributed by atoms with Gasteiger partial charge in [0.2, 0.25) is 5.91 Å². The highest BCUT2D eigenvalue weighted by Crippen LogP contribution is 2.32. The molecule has 2 unspecified atom stereocenters. The van der Waals surface area contributed by atoms with Crippen LogP contribution in [0.1, 0.15) is 39.0 Å². The van der Waals surface area contributed by atoms with Crippen LogP contribution in [-0.2, 0) is 9.59 Å². The van der Waals surface area contributed by atoms with Gasteiger partial charge in [0, 0.05) is 18.6 Å². The van der Waals surface area contributed by atoms with E-state index in [-0.39, 0.29) is 17.9 Å². The molecule has 2 N–H and O–H groups in total. The second-order valence-corrected chi connectivity index (χ2v) is 6.04. The summed E-state index contributed by atoms with van der Waals surface area (Å²) in [6.07, 6.45) is 4.10. The van der Waals surface area contributed by atoms with E-state index in [2.05, 4.69) is 24.2 Å². The summed E-state index contributed by atoms with van der Waals surface area (Å²) in [6.45, 7) is 3.15. The molecule has 5 heteroatoms. The van der Waals surface area contributed by atoms with Gasteiger partial charge in [-0.1, -0.05) is 6.42 Å². The van der Waals surface area contributed by atoms with E-state index in [0.717, 1.165) is 25.8 Å². The maximum atomic E-state index is 12.2. The zero-order valence-electron chi connectivity index (χ0n) is 11.8. The number of amides is 1. The topological polar surface area (TPSA) is 69.6 Å². The van der Waals surface area contributed by atoms with Gasteiger partial charge in [-0.25, -0.2) is 0 Å². The van der Waals surface area contributed by atoms with Crippen LogP contribution >= 0.6 is 0 Å². The maximum Gasteiger partial charge on any atom is 0.307 e. The van der Waals surface area contributed by atoms with Crippen molar-refractivity contribution in [1.29, 1.82) is 0 Å². The SMILES string of the molecule is CC1CC(NC(=O)[C@@H]2CCC[C@@H]2C(=O)O)CCN1C. The zero-order valence-corrected chi connectivity index (χ0v) is 11.8. The molecule has 1 saturated heterocycles. The molecule has 0 spiro atoms. The molecule has 2 fully saturated rings. The van der Waals surface area contributed by atoms with Gasteiger partial charge < -0.3 is 15.3 Å². The lowest BCUT2D eigenvalue weighted by Crippen LogP contribution is -2.49. The van der Waals surface area contributed by atoms with E-state index in [4.69, 9.17) is 5.11 Å². The molecule has 19 heavy (non-hydrogen) atoms. The monoisotopic (exact) mass is 268 g/mol. The summed E-state index contributed by atoms with van der Waals surface area (Å²) in [5.41, 5.74) is 0. The Kier molecular flexibility index (Phi) is 4.45. The third-order valence-corrected chi connectivity index (χ3v) is 4.72. The Hall–Kier alpha value is -1.10. The summed E-state index contributed by atoms with van der Waals surface area (Å²) in [6, 6.07) is 0.673. The number of rotatable bonds is 3. The first kappa shape index (κ1) is 14.3. The predicted molar refractivity (Wildman–Crippen MR) is 71.7 cm³/mol. The summed E-state index contributed by atoms with van der Waals surface area (Å²) in [5.74, 6) is -1.68. The molecule has 0 radical (unpaired) electrons. The molecule has 108 valence electrons. The number of carbonyl (C=O) groups excluding carboxylic acids is 1. The van der Waals surface area contributed by atoms with Gasteiger partial charge in [0.25, 0.3) is 0 Å². The van der Waals surface area contributed by atoms with Gasteiger partial charge in [-0.3, -0.25) is 9.59 Å². The van der Waals surface area contributed by atoms with Crippen LogP contribution in [0, 0.1) is 11.8 Å². The van der Waals surface area contributed by atoms with E-state index in [0.29, 0.717) is 18.9 Å². The number of carboxylic acid groups (broad SMARTS) is 1. The second kappa shape index (κ2) is 5.90. The highest BCUT2D eigenvalue weighted by Gasteiger charge is 2.38. The zero-order chi connectivity index (χ0) is 14.0. The van der Waals surface area contributed by atoms with Crippen LogP contribution in [0.4, 0.5) is 0 Å². The lowest BCUT2D eigenvalue weighted by Gasteiger charge is -2.35. The third kappa shape index (κ3) is 3.26. The summed E-state index contributed by atoms with van der Waals surface area (Å²) < 4.78 is 0. The Morgan fingerprint density at radius 2 is 1.89 bits per heavy atom. The number of aliphatic carboxylic acids is 1. The van der Waals surface area contributed by atoms with Crippen LogP contribution in [0.2, 0.25) is 0 Å². The summed E-state index contributed by atoms with van der Waals surface area (Å²) in [4.78, 5) is 25.6. The van der Waals surface area contributed by atoms with Crippen molar-refractivity contribution in [2.45, 2.75) is 51.1 Å². The molecular formula is C14H24N2O3. The minimum atomic E-state index is -0.825. The van der Waals surface area contributed by atoms with Gasteiger partial charge >= 0.3 is 5.97 Å². The summed E-state index contributed by atoms with van der Waals surface area (Å²) in [7, 11) is 2.10. The van der Waals surface area contributed by atoms with Crippen molar-refractivity contribution in [2.75, 3.05) is 13.6 Å². The Labute approximate surface area is 114 Å². The quantitative estimate of drug-likeness (QED) is 0.804. The average molecular weight is 268 g/mol. The molecule has 0 bridgehead atoms. The Bertz CT molecular complexity index is 359. The number of piperidine rings is 1. The van der Waals surface area contributed by atoms with Gasteiger partial charge in [0.1, 0.15) is 0 Å². The fourth-order valence-electron chi connectivity index (χ4n) is 3.30. The first-order valence-corrected chi connectivity index (χ1v) is 7.22. The van der Waals surface area contributed by atoms with Crippen molar-refractivity contribution in [3.05, 3.63) is 0 Å². The molecule has 5 nitrogen and oxygen atoms in total. The molecule has 2 aliphatic rings. The number of carboxylic acids is 1. The number of nitrogens with one attached hydrogen (secondary N) is 1. The van der Waals surface area contributed by atoms with Crippen molar-refractivity contribution in [3.8, 4) is 0 Å². The molecule has 0 aromatic heterocycles. The van der Waals surface area contributed by atoms with E-state index in [1.807, 2.05) is 0 Å². The number of hydrogen-bond donors (Lipinski definition) is 2. The van der Waals surface area contributed by atoms with E-state index in [1.165, 1.54) is 0 Å². The number of carbonyl (C=O) groups is 2. The fourth-order valence-corrected chi connectivity index (χ4v) is 3.30. The second-order valence-electron chi connectivity index (χ2n) is 6.04. The van der Waals surface area contributed by atoms with Crippen molar-refractivity contribution < 1.29 is 14.7 Å². The van der Waals surface area contributed by atoms with Crippen molar-refractivity contribution in [2.24, 2.45) is 11.8 Å². The molecule has 1 heterocycles. The molecule has 2 rings (SSSR count). The van der Waals surface area contributed by atoms with E-state index in [1.54, 1.807) is 0 Å². The number of nitrogens with zero attached hydrogens (tertiary/aromatic N) is 1. The summed E-state index contributed by atoms with van der Waals surface area (Å²) >= 11 is 0. The first-order chi connectivity index (χ1) is 8.99. The lowest BCUT2D eigenvalue weighted by atomic mass is 9.93. The number of likely N-dealkylation sites (tertiary alicyclic amines) is 1. The van der Waals surface area contributed by atoms with E-state index < -0.39 is 11.9 Å².